The smallest absolute Gasteiger partial charge is 0.205 e. The van der Waals surface area contributed by atoms with Crippen LogP contribution in [0.2, 0.25) is 0 Å². The molecule has 3 aromatic heterocycles. The Balaban J connectivity index is 1.53. The van der Waals surface area contributed by atoms with Crippen molar-refractivity contribution in [1.29, 1.82) is 0 Å². The quantitative estimate of drug-likeness (QED) is 0.363. The Bertz CT molecular complexity index is 1310. The molecule has 0 unspecified atom stereocenters. The van der Waals surface area contributed by atoms with Crippen LogP contribution in [0.1, 0.15) is 31.2 Å². The highest BCUT2D eigenvalue weighted by molar-refractivity contribution is 5.80. The zero-order valence-electron chi connectivity index (χ0n) is 18.5. The first-order valence-corrected chi connectivity index (χ1v) is 11.2. The second-order valence-electron chi connectivity index (χ2n) is 7.97. The average Bonchev–Trinajstić information content (AvgIpc) is 3.54. The van der Waals surface area contributed by atoms with Crippen LogP contribution in [-0.4, -0.2) is 35.2 Å². The van der Waals surface area contributed by atoms with E-state index < -0.39 is 0 Å². The third-order valence-electron chi connectivity index (χ3n) is 5.65. The number of imidazole rings is 1. The monoisotopic (exact) mass is 435 g/mol. The molecule has 0 bridgehead atoms. The zero-order valence-corrected chi connectivity index (χ0v) is 18.5. The Morgan fingerprint density at radius 3 is 2.55 bits per heavy atom. The van der Waals surface area contributed by atoms with Crippen LogP contribution in [0.5, 0.6) is 0 Å². The second kappa shape index (κ2) is 9.56. The van der Waals surface area contributed by atoms with E-state index in [0.717, 1.165) is 58.7 Å². The van der Waals surface area contributed by atoms with Crippen LogP contribution in [-0.2, 0) is 13.0 Å². The summed E-state index contributed by atoms with van der Waals surface area (Å²) in [6.07, 6.45) is 7.06. The van der Waals surface area contributed by atoms with Gasteiger partial charge < -0.3 is 4.57 Å². The number of rotatable bonds is 8. The van der Waals surface area contributed by atoms with E-state index >= 15 is 0 Å². The highest BCUT2D eigenvalue weighted by atomic mass is 15.5. The molecule has 0 aliphatic heterocycles. The molecule has 2 aromatic carbocycles. The lowest BCUT2D eigenvalue weighted by molar-refractivity contribution is 0.678. The van der Waals surface area contributed by atoms with Gasteiger partial charge in [0.05, 0.1) is 5.69 Å². The first-order chi connectivity index (χ1) is 16.3. The van der Waals surface area contributed by atoms with Gasteiger partial charge in [-0.3, -0.25) is 4.98 Å². The number of nitrogens with one attached hydrogen (secondary N) is 1. The molecule has 7 nitrogen and oxygen atoms in total. The van der Waals surface area contributed by atoms with Gasteiger partial charge in [0.2, 0.25) is 5.82 Å². The van der Waals surface area contributed by atoms with E-state index in [1.807, 2.05) is 36.4 Å². The molecule has 0 saturated carbocycles. The van der Waals surface area contributed by atoms with E-state index in [0.29, 0.717) is 12.4 Å². The number of nitrogens with zero attached hydrogens (tertiary/aromatic N) is 6. The summed E-state index contributed by atoms with van der Waals surface area (Å²) < 4.78 is 2.23. The Kier molecular flexibility index (Phi) is 6.01. The van der Waals surface area contributed by atoms with Gasteiger partial charge in [-0.05, 0) is 46.5 Å². The Morgan fingerprint density at radius 1 is 0.909 bits per heavy atom. The lowest BCUT2D eigenvalue weighted by Gasteiger charge is -2.12. The minimum atomic E-state index is 0.585. The average molecular weight is 436 g/mol. The number of unbranched alkanes of at least 4 members (excludes halogenated alkanes) is 1. The molecule has 0 aliphatic rings. The number of hydrogen-bond donors (Lipinski definition) is 1. The summed E-state index contributed by atoms with van der Waals surface area (Å²) in [4.78, 5) is 9.39. The van der Waals surface area contributed by atoms with Gasteiger partial charge >= 0.3 is 0 Å². The van der Waals surface area contributed by atoms with Gasteiger partial charge in [-0.25, -0.2) is 4.98 Å². The summed E-state index contributed by atoms with van der Waals surface area (Å²) >= 11 is 0. The minimum Gasteiger partial charge on any atom is -0.330 e. The second-order valence-corrected chi connectivity index (χ2v) is 7.97. The lowest BCUT2D eigenvalue weighted by atomic mass is 9.97. The summed E-state index contributed by atoms with van der Waals surface area (Å²) in [7, 11) is 0. The van der Waals surface area contributed by atoms with E-state index in [9.17, 15) is 0 Å². The Hall–Kier alpha value is -4.13. The maximum Gasteiger partial charge on any atom is 0.205 e. The van der Waals surface area contributed by atoms with Gasteiger partial charge in [0.25, 0.3) is 0 Å². The standard InChI is InChI=1S/C26H25N7/c1-2-3-12-25-28-24(23-11-7-8-15-27-23)18-33(25)17-19-13-14-21(20-9-5-4-6-10-20)22(16-19)26-29-31-32-30-26/h4-11,13-16,18H,2-3,12,17H2,1H3,(H,29,30,31,32). The van der Waals surface area contributed by atoms with Crippen molar-refractivity contribution in [1.82, 2.24) is 35.2 Å². The molecule has 0 aliphatic carbocycles. The molecule has 5 aromatic rings. The van der Waals surface area contributed by atoms with Gasteiger partial charge in [-0.2, -0.15) is 5.21 Å². The fourth-order valence-corrected chi connectivity index (χ4v) is 3.98. The molecular weight excluding hydrogens is 410 g/mol. The van der Waals surface area contributed by atoms with Gasteiger partial charge in [0.15, 0.2) is 0 Å². The number of hydrogen-bond acceptors (Lipinski definition) is 5. The molecule has 3 heterocycles. The van der Waals surface area contributed by atoms with Crippen molar-refractivity contribution < 1.29 is 0 Å². The number of aromatic amines is 1. The molecule has 5 rings (SSSR count). The van der Waals surface area contributed by atoms with Gasteiger partial charge in [0, 0.05) is 30.9 Å². The van der Waals surface area contributed by atoms with Gasteiger partial charge in [-0.15, -0.1) is 10.2 Å². The molecule has 0 saturated heterocycles. The van der Waals surface area contributed by atoms with Crippen molar-refractivity contribution in [3.05, 3.63) is 90.5 Å². The van der Waals surface area contributed by atoms with Crippen LogP contribution in [0.15, 0.2) is 79.1 Å². The lowest BCUT2D eigenvalue weighted by Crippen LogP contribution is -2.05. The van der Waals surface area contributed by atoms with E-state index in [1.165, 1.54) is 0 Å². The molecule has 0 fully saturated rings. The molecule has 7 heteroatoms. The minimum absolute atomic E-state index is 0.585. The third kappa shape index (κ3) is 4.57. The first-order valence-electron chi connectivity index (χ1n) is 11.2. The zero-order chi connectivity index (χ0) is 22.5. The molecule has 33 heavy (non-hydrogen) atoms. The fraction of sp³-hybridized carbons (Fsp3) is 0.192. The number of pyridine rings is 1. The van der Waals surface area contributed by atoms with Crippen LogP contribution in [0.25, 0.3) is 33.9 Å². The molecular formula is C26H25N7. The van der Waals surface area contributed by atoms with E-state index in [1.54, 1.807) is 6.20 Å². The summed E-state index contributed by atoms with van der Waals surface area (Å²) in [5.41, 5.74) is 6.09. The first kappa shape index (κ1) is 20.8. The van der Waals surface area contributed by atoms with Crippen molar-refractivity contribution >= 4 is 0 Å². The summed E-state index contributed by atoms with van der Waals surface area (Å²) in [5, 5.41) is 14.8. The Morgan fingerprint density at radius 2 is 1.79 bits per heavy atom. The number of benzene rings is 2. The highest BCUT2D eigenvalue weighted by Gasteiger charge is 2.15. The molecule has 164 valence electrons. The van der Waals surface area contributed by atoms with Gasteiger partial charge in [-0.1, -0.05) is 61.9 Å². The van der Waals surface area contributed by atoms with Crippen LogP contribution in [0.4, 0.5) is 0 Å². The maximum atomic E-state index is 4.91. The van der Waals surface area contributed by atoms with E-state index in [2.05, 4.69) is 73.6 Å². The number of tetrazole rings is 1. The van der Waals surface area contributed by atoms with Crippen LogP contribution in [0, 0.1) is 0 Å². The molecule has 0 spiro atoms. The predicted octanol–water partition coefficient (Wildman–Crippen LogP) is 5.18. The van der Waals surface area contributed by atoms with Crippen LogP contribution in [0.3, 0.4) is 0 Å². The highest BCUT2D eigenvalue weighted by Crippen LogP contribution is 2.31. The number of aromatic nitrogens is 7. The normalized spacial score (nSPS) is 11.1. The van der Waals surface area contributed by atoms with Crippen molar-refractivity contribution in [3.63, 3.8) is 0 Å². The topological polar surface area (TPSA) is 85.2 Å². The largest absolute Gasteiger partial charge is 0.330 e. The summed E-state index contributed by atoms with van der Waals surface area (Å²) in [6, 6.07) is 22.6. The molecule has 0 amide bonds. The summed E-state index contributed by atoms with van der Waals surface area (Å²) in [6.45, 7) is 2.91. The molecule has 1 N–H and O–H groups in total. The van der Waals surface area contributed by atoms with Crippen molar-refractivity contribution in [2.45, 2.75) is 32.7 Å². The summed E-state index contributed by atoms with van der Waals surface area (Å²) in [5.74, 6) is 1.66. The number of H-pyrrole nitrogens is 1. The van der Waals surface area contributed by atoms with Crippen molar-refractivity contribution in [3.8, 4) is 33.9 Å². The van der Waals surface area contributed by atoms with Crippen LogP contribution < -0.4 is 0 Å². The molecule has 0 radical (unpaired) electrons. The maximum absolute atomic E-state index is 4.91. The third-order valence-corrected chi connectivity index (χ3v) is 5.65. The SMILES string of the molecule is CCCCc1nc(-c2ccccn2)cn1Cc1ccc(-c2ccccc2)c(-c2nn[nH]n2)c1. The number of aryl methyl sites for hydroxylation is 1. The molecule has 0 atom stereocenters. The van der Waals surface area contributed by atoms with Gasteiger partial charge in [0.1, 0.15) is 11.5 Å². The van der Waals surface area contributed by atoms with E-state index in [4.69, 9.17) is 4.98 Å². The fourth-order valence-electron chi connectivity index (χ4n) is 3.98. The van der Waals surface area contributed by atoms with Crippen LogP contribution >= 0.6 is 0 Å². The van der Waals surface area contributed by atoms with E-state index in [-0.39, 0.29) is 0 Å². The Labute approximate surface area is 192 Å². The van der Waals surface area contributed by atoms with Crippen molar-refractivity contribution in [2.75, 3.05) is 0 Å². The van der Waals surface area contributed by atoms with Crippen molar-refractivity contribution in [2.24, 2.45) is 0 Å². The predicted molar refractivity (Wildman–Crippen MR) is 128 cm³/mol.